The van der Waals surface area contributed by atoms with Gasteiger partial charge >= 0.3 is 12.1 Å². The van der Waals surface area contributed by atoms with Gasteiger partial charge in [-0.3, -0.25) is 14.4 Å². The van der Waals surface area contributed by atoms with Crippen molar-refractivity contribution in [3.05, 3.63) is 86.2 Å². The van der Waals surface area contributed by atoms with Crippen LogP contribution in [-0.4, -0.2) is 60.2 Å². The van der Waals surface area contributed by atoms with Gasteiger partial charge in [-0.1, -0.05) is 94.8 Å². The van der Waals surface area contributed by atoms with Crippen LogP contribution in [0, 0.1) is 5.92 Å². The summed E-state index contributed by atoms with van der Waals surface area (Å²) in [7, 11) is 0. The van der Waals surface area contributed by atoms with Crippen LogP contribution in [0.1, 0.15) is 89.2 Å². The van der Waals surface area contributed by atoms with Crippen LogP contribution in [-0.2, 0) is 27.4 Å². The fraction of sp³-hybridized carbons (Fsp3) is 0.513. The number of amides is 2. The fourth-order valence-electron chi connectivity index (χ4n) is 6.32. The number of carboxylic acids is 1. The smallest absolute Gasteiger partial charge is 0.410 e. The van der Waals surface area contributed by atoms with Crippen molar-refractivity contribution < 1.29 is 24.2 Å². The second kappa shape index (κ2) is 19.5. The molecular weight excluding hydrogens is 636 g/mol. The van der Waals surface area contributed by atoms with Crippen molar-refractivity contribution in [1.29, 1.82) is 0 Å². The fourth-order valence-corrected chi connectivity index (χ4v) is 6.32. The number of carboxylic acid groups (broad SMARTS) is 1. The Balaban J connectivity index is 1.30. The molecule has 0 spiro atoms. The van der Waals surface area contributed by atoms with Crippen LogP contribution in [0.3, 0.4) is 0 Å². The standard InChI is InChI=1S/C39H52N4O7/c1-3-5-7-12-22-42(23-13-8-6-4-2)34-33(35(44)36(34)45)41-32(38(47)48)26-28-16-18-31(19-17-28)40-37(46)30-20-24-43(25-21-30)39(49)50-27-29-14-10-9-11-15-29/h9-11,14-19,30,32,41H,3-8,12-13,20-27H2,1-2H3,(H,40,46)(H,47,48). The van der Waals surface area contributed by atoms with Gasteiger partial charge in [0.25, 0.3) is 10.9 Å². The number of hydrogen-bond acceptors (Lipinski definition) is 8. The number of benzene rings is 2. The summed E-state index contributed by atoms with van der Waals surface area (Å²) in [6.07, 6.45) is 8.94. The van der Waals surface area contributed by atoms with E-state index < -0.39 is 22.9 Å². The van der Waals surface area contributed by atoms with Gasteiger partial charge in [0, 0.05) is 44.2 Å². The van der Waals surface area contributed by atoms with Gasteiger partial charge in [0.05, 0.1) is 0 Å². The molecule has 0 aliphatic carbocycles. The Hall–Kier alpha value is -4.67. The molecule has 0 radical (unpaired) electrons. The van der Waals surface area contributed by atoms with E-state index in [-0.39, 0.29) is 36.6 Å². The number of carbonyl (C=O) groups excluding carboxylic acids is 2. The zero-order valence-electron chi connectivity index (χ0n) is 29.5. The highest BCUT2D eigenvalue weighted by Gasteiger charge is 2.30. The molecule has 3 aromatic rings. The average Bonchev–Trinajstić information content (AvgIpc) is 3.13. The number of unbranched alkanes of at least 4 members (excludes halogenated alkanes) is 6. The maximum atomic E-state index is 13.0. The lowest BCUT2D eigenvalue weighted by Crippen LogP contribution is -2.46. The van der Waals surface area contributed by atoms with Gasteiger partial charge in [-0.05, 0) is 48.9 Å². The van der Waals surface area contributed by atoms with E-state index in [1.54, 1.807) is 29.2 Å². The van der Waals surface area contributed by atoms with Gasteiger partial charge in [0.2, 0.25) is 5.91 Å². The molecule has 4 rings (SSSR count). The number of hydrogen-bond donors (Lipinski definition) is 3. The third kappa shape index (κ3) is 10.9. The Morgan fingerprint density at radius 1 is 0.840 bits per heavy atom. The first kappa shape index (κ1) is 38.1. The van der Waals surface area contributed by atoms with Crippen LogP contribution < -0.4 is 26.4 Å². The van der Waals surface area contributed by atoms with Crippen LogP contribution >= 0.6 is 0 Å². The average molecular weight is 689 g/mol. The number of nitrogens with one attached hydrogen (secondary N) is 2. The normalized spacial score (nSPS) is 13.9. The number of anilines is 3. The maximum absolute atomic E-state index is 13.0. The second-order valence-corrected chi connectivity index (χ2v) is 13.2. The molecule has 1 unspecified atom stereocenters. The van der Waals surface area contributed by atoms with Crippen molar-refractivity contribution >= 4 is 35.0 Å². The quantitative estimate of drug-likeness (QED) is 0.0914. The first-order valence-electron chi connectivity index (χ1n) is 18.1. The van der Waals surface area contributed by atoms with Gasteiger partial charge in [-0.2, -0.15) is 0 Å². The highest BCUT2D eigenvalue weighted by atomic mass is 16.6. The van der Waals surface area contributed by atoms with E-state index >= 15 is 0 Å². The van der Waals surface area contributed by atoms with Gasteiger partial charge in [-0.25, -0.2) is 9.59 Å². The third-order valence-electron chi connectivity index (χ3n) is 9.37. The van der Waals surface area contributed by atoms with E-state index in [4.69, 9.17) is 4.74 Å². The van der Waals surface area contributed by atoms with Crippen LogP contribution in [0.2, 0.25) is 0 Å². The summed E-state index contributed by atoms with van der Waals surface area (Å²) >= 11 is 0. The summed E-state index contributed by atoms with van der Waals surface area (Å²) < 4.78 is 5.42. The lowest BCUT2D eigenvalue weighted by atomic mass is 9.96. The Kier molecular flexibility index (Phi) is 14.9. The first-order chi connectivity index (χ1) is 24.2. The lowest BCUT2D eigenvalue weighted by molar-refractivity contribution is -0.137. The molecule has 0 saturated carbocycles. The lowest BCUT2D eigenvalue weighted by Gasteiger charge is -2.30. The molecule has 0 aromatic heterocycles. The summed E-state index contributed by atoms with van der Waals surface area (Å²) in [5, 5.41) is 15.9. The van der Waals surface area contributed by atoms with E-state index in [0.29, 0.717) is 56.0 Å². The highest BCUT2D eigenvalue weighted by Crippen LogP contribution is 2.25. The number of piperidine rings is 1. The van der Waals surface area contributed by atoms with Crippen molar-refractivity contribution in [2.24, 2.45) is 5.92 Å². The topological polar surface area (TPSA) is 145 Å². The Morgan fingerprint density at radius 2 is 1.46 bits per heavy atom. The van der Waals surface area contributed by atoms with Crippen molar-refractivity contribution in [1.82, 2.24) is 4.90 Å². The van der Waals surface area contributed by atoms with Crippen molar-refractivity contribution in [2.75, 3.05) is 41.7 Å². The number of likely N-dealkylation sites (tertiary alicyclic amines) is 1. The molecule has 0 bridgehead atoms. The molecule has 1 heterocycles. The molecule has 50 heavy (non-hydrogen) atoms. The molecule has 1 aliphatic heterocycles. The van der Waals surface area contributed by atoms with Gasteiger partial charge in [0.15, 0.2) is 0 Å². The molecule has 1 atom stereocenters. The first-order valence-corrected chi connectivity index (χ1v) is 18.1. The Morgan fingerprint density at radius 3 is 2.04 bits per heavy atom. The summed E-state index contributed by atoms with van der Waals surface area (Å²) in [5.41, 5.74) is 1.35. The van der Waals surface area contributed by atoms with Crippen LogP contribution in [0.5, 0.6) is 0 Å². The molecule has 2 amide bonds. The summed E-state index contributed by atoms with van der Waals surface area (Å²) in [6, 6.07) is 15.3. The van der Waals surface area contributed by atoms with Gasteiger partial charge in [0.1, 0.15) is 24.0 Å². The largest absolute Gasteiger partial charge is 0.480 e. The number of aliphatic carboxylic acids is 1. The highest BCUT2D eigenvalue weighted by molar-refractivity contribution is 5.92. The number of rotatable bonds is 20. The summed E-state index contributed by atoms with van der Waals surface area (Å²) in [4.78, 5) is 66.9. The minimum Gasteiger partial charge on any atom is -0.480 e. The predicted molar refractivity (Wildman–Crippen MR) is 197 cm³/mol. The second-order valence-electron chi connectivity index (χ2n) is 13.2. The molecule has 11 nitrogen and oxygen atoms in total. The maximum Gasteiger partial charge on any atom is 0.410 e. The molecule has 3 aromatic carbocycles. The van der Waals surface area contributed by atoms with Gasteiger partial charge < -0.3 is 30.3 Å². The molecule has 1 fully saturated rings. The van der Waals surface area contributed by atoms with E-state index in [9.17, 15) is 29.1 Å². The third-order valence-corrected chi connectivity index (χ3v) is 9.37. The van der Waals surface area contributed by atoms with Crippen molar-refractivity contribution in [2.45, 2.75) is 97.1 Å². The van der Waals surface area contributed by atoms with E-state index in [1.807, 2.05) is 35.2 Å². The number of carbonyl (C=O) groups is 3. The van der Waals surface area contributed by atoms with Crippen LogP contribution in [0.4, 0.5) is 21.9 Å². The number of nitrogens with zero attached hydrogens (tertiary/aromatic N) is 2. The van der Waals surface area contributed by atoms with E-state index in [0.717, 1.165) is 56.9 Å². The summed E-state index contributed by atoms with van der Waals surface area (Å²) in [6.45, 7) is 6.63. The minimum absolute atomic E-state index is 0.0770. The molecule has 1 aliphatic rings. The zero-order chi connectivity index (χ0) is 35.9. The summed E-state index contributed by atoms with van der Waals surface area (Å²) in [5.74, 6) is -1.52. The Labute approximate surface area is 294 Å². The van der Waals surface area contributed by atoms with E-state index in [1.165, 1.54) is 0 Å². The van der Waals surface area contributed by atoms with E-state index in [2.05, 4.69) is 24.5 Å². The minimum atomic E-state index is -1.13. The van der Waals surface area contributed by atoms with Crippen molar-refractivity contribution in [3.8, 4) is 0 Å². The monoisotopic (exact) mass is 688 g/mol. The number of ether oxygens (including phenoxy) is 1. The zero-order valence-corrected chi connectivity index (χ0v) is 29.5. The molecular formula is C39H52N4O7. The Bertz CT molecular complexity index is 1580. The van der Waals surface area contributed by atoms with Crippen LogP contribution in [0.25, 0.3) is 0 Å². The molecule has 3 N–H and O–H groups in total. The molecule has 11 heteroatoms. The van der Waals surface area contributed by atoms with Gasteiger partial charge in [-0.15, -0.1) is 0 Å². The molecule has 1 saturated heterocycles. The SMILES string of the molecule is CCCCCCN(CCCCCC)c1c(NC(Cc2ccc(NC(=O)C3CCN(C(=O)OCc4ccccc4)CC3)cc2)C(=O)O)c(=O)c1=O. The van der Waals surface area contributed by atoms with Crippen molar-refractivity contribution in [3.63, 3.8) is 0 Å². The van der Waals surface area contributed by atoms with Crippen LogP contribution in [0.15, 0.2) is 64.2 Å². The molecule has 270 valence electrons. The predicted octanol–water partition coefficient (Wildman–Crippen LogP) is 6.34.